The van der Waals surface area contributed by atoms with E-state index in [-0.39, 0.29) is 6.04 Å². The maximum absolute atomic E-state index is 5.61. The van der Waals surface area contributed by atoms with E-state index >= 15 is 0 Å². The number of fused-ring (bicyclic) bond motifs is 1. The Hall–Kier alpha value is -2.20. The molecule has 0 radical (unpaired) electrons. The number of hydrogen-bond donors (Lipinski definition) is 1. The number of nitrogens with one attached hydrogen (secondary N) is 1. The molecule has 0 saturated heterocycles. The summed E-state index contributed by atoms with van der Waals surface area (Å²) in [6.45, 7) is 2.92. The summed E-state index contributed by atoms with van der Waals surface area (Å²) in [5.41, 5.74) is 2.89. The summed E-state index contributed by atoms with van der Waals surface area (Å²) in [5, 5.41) is 4.54. The second-order valence-corrected chi connectivity index (χ2v) is 4.31. The summed E-state index contributed by atoms with van der Waals surface area (Å²) < 4.78 is 5.61. The van der Waals surface area contributed by atoms with Crippen molar-refractivity contribution in [1.82, 2.24) is 15.3 Å². The van der Waals surface area contributed by atoms with Crippen LogP contribution in [-0.4, -0.2) is 16.5 Å². The Bertz CT molecular complexity index is 663. The maximum atomic E-state index is 5.61. The minimum atomic E-state index is 0.00218. The van der Waals surface area contributed by atoms with Gasteiger partial charge < -0.3 is 9.73 Å². The molecule has 0 bridgehead atoms. The van der Waals surface area contributed by atoms with Crippen LogP contribution in [0.15, 0.2) is 53.5 Å². The molecule has 3 aromatic rings. The van der Waals surface area contributed by atoms with E-state index in [4.69, 9.17) is 4.42 Å². The lowest BCUT2D eigenvalue weighted by Gasteiger charge is -2.15. The van der Waals surface area contributed by atoms with Crippen LogP contribution in [0.25, 0.3) is 11.0 Å². The number of nitrogens with zero attached hydrogens (tertiary/aromatic N) is 2. The molecule has 96 valence electrons. The fraction of sp³-hybridized carbons (Fsp3) is 0.200. The average molecular weight is 253 g/mol. The van der Waals surface area contributed by atoms with Crippen molar-refractivity contribution in [3.8, 4) is 0 Å². The van der Waals surface area contributed by atoms with Crippen LogP contribution in [0.2, 0.25) is 0 Å². The van der Waals surface area contributed by atoms with Crippen molar-refractivity contribution >= 4 is 11.0 Å². The molecule has 0 aliphatic rings. The van der Waals surface area contributed by atoms with Crippen molar-refractivity contribution < 1.29 is 4.42 Å². The lowest BCUT2D eigenvalue weighted by molar-refractivity contribution is 0.577. The highest BCUT2D eigenvalue weighted by molar-refractivity contribution is 5.81. The minimum absolute atomic E-state index is 0.00218. The first-order valence-corrected chi connectivity index (χ1v) is 6.35. The first kappa shape index (κ1) is 11.9. The quantitative estimate of drug-likeness (QED) is 0.776. The lowest BCUT2D eigenvalue weighted by atomic mass is 10.0. The van der Waals surface area contributed by atoms with Gasteiger partial charge in [0.15, 0.2) is 0 Å². The van der Waals surface area contributed by atoms with Crippen LogP contribution < -0.4 is 5.32 Å². The number of hydrogen-bond acceptors (Lipinski definition) is 4. The van der Waals surface area contributed by atoms with Gasteiger partial charge in [-0.15, -0.1) is 0 Å². The van der Waals surface area contributed by atoms with Crippen LogP contribution in [0, 0.1) is 0 Å². The van der Waals surface area contributed by atoms with Crippen molar-refractivity contribution in [2.45, 2.75) is 13.0 Å². The van der Waals surface area contributed by atoms with Gasteiger partial charge in [0.25, 0.3) is 0 Å². The van der Waals surface area contributed by atoms with E-state index in [1.807, 2.05) is 18.2 Å². The Labute approximate surface area is 111 Å². The predicted molar refractivity (Wildman–Crippen MR) is 73.8 cm³/mol. The Morgan fingerprint density at radius 1 is 1.26 bits per heavy atom. The van der Waals surface area contributed by atoms with Crippen LogP contribution in [0.1, 0.15) is 24.2 Å². The molecule has 0 aliphatic carbocycles. The number of rotatable bonds is 4. The molecule has 2 heterocycles. The monoisotopic (exact) mass is 253 g/mol. The molecule has 1 unspecified atom stereocenters. The Balaban J connectivity index is 2.10. The van der Waals surface area contributed by atoms with E-state index in [0.717, 1.165) is 28.8 Å². The first-order chi connectivity index (χ1) is 9.40. The van der Waals surface area contributed by atoms with E-state index in [9.17, 15) is 0 Å². The van der Waals surface area contributed by atoms with Crippen molar-refractivity contribution in [2.75, 3.05) is 6.54 Å². The summed E-state index contributed by atoms with van der Waals surface area (Å²) in [7, 11) is 0. The van der Waals surface area contributed by atoms with Crippen LogP contribution in [0.5, 0.6) is 0 Å². The summed E-state index contributed by atoms with van der Waals surface area (Å²) in [6, 6.07) is 8.02. The first-order valence-electron chi connectivity index (χ1n) is 6.35. The van der Waals surface area contributed by atoms with Crippen molar-refractivity contribution in [1.29, 1.82) is 0 Å². The van der Waals surface area contributed by atoms with Gasteiger partial charge in [0, 0.05) is 23.3 Å². The molecule has 19 heavy (non-hydrogen) atoms. The smallest absolute Gasteiger partial charge is 0.134 e. The third kappa shape index (κ3) is 2.22. The van der Waals surface area contributed by atoms with E-state index in [2.05, 4.69) is 28.3 Å². The second-order valence-electron chi connectivity index (χ2n) is 4.31. The molecule has 0 amide bonds. The Morgan fingerprint density at radius 2 is 2.16 bits per heavy atom. The molecule has 1 N–H and O–H groups in total. The van der Waals surface area contributed by atoms with Crippen LogP contribution in [0.3, 0.4) is 0 Å². The largest absolute Gasteiger partial charge is 0.464 e. The third-order valence-corrected chi connectivity index (χ3v) is 3.11. The molecule has 0 aliphatic heterocycles. The van der Waals surface area contributed by atoms with E-state index in [1.165, 1.54) is 0 Å². The molecular formula is C15H15N3O. The van der Waals surface area contributed by atoms with Gasteiger partial charge in [-0.2, -0.15) is 0 Å². The van der Waals surface area contributed by atoms with Crippen molar-refractivity contribution in [2.24, 2.45) is 0 Å². The number of furan rings is 1. The summed E-state index contributed by atoms with van der Waals surface area (Å²) in [5.74, 6) is 0. The van der Waals surface area contributed by atoms with Crippen molar-refractivity contribution in [3.63, 3.8) is 0 Å². The van der Waals surface area contributed by atoms with Crippen LogP contribution in [0.4, 0.5) is 0 Å². The molecule has 3 rings (SSSR count). The zero-order valence-corrected chi connectivity index (χ0v) is 10.7. The minimum Gasteiger partial charge on any atom is -0.464 e. The number of para-hydroxylation sites is 1. The maximum Gasteiger partial charge on any atom is 0.134 e. The highest BCUT2D eigenvalue weighted by atomic mass is 16.3. The molecule has 4 heteroatoms. The number of benzene rings is 1. The van der Waals surface area contributed by atoms with Gasteiger partial charge in [-0.25, -0.2) is 0 Å². The SMILES string of the molecule is CCNC(c1cnccn1)c1coc2ccccc12. The molecule has 0 spiro atoms. The number of aromatic nitrogens is 2. The predicted octanol–water partition coefficient (Wildman–Crippen LogP) is 2.92. The highest BCUT2D eigenvalue weighted by Crippen LogP contribution is 2.29. The summed E-state index contributed by atoms with van der Waals surface area (Å²) >= 11 is 0. The molecular weight excluding hydrogens is 238 g/mol. The zero-order valence-electron chi connectivity index (χ0n) is 10.7. The van der Waals surface area contributed by atoms with Gasteiger partial charge in [-0.3, -0.25) is 9.97 Å². The Morgan fingerprint density at radius 3 is 2.95 bits per heavy atom. The van der Waals surface area contributed by atoms with E-state index in [0.29, 0.717) is 0 Å². The molecule has 1 aromatic carbocycles. The Kier molecular flexibility index (Phi) is 3.25. The summed E-state index contributed by atoms with van der Waals surface area (Å²) in [6.07, 6.45) is 6.98. The van der Waals surface area contributed by atoms with Gasteiger partial charge in [-0.05, 0) is 12.6 Å². The van der Waals surface area contributed by atoms with Gasteiger partial charge in [-0.1, -0.05) is 25.1 Å². The third-order valence-electron chi connectivity index (χ3n) is 3.11. The second kappa shape index (κ2) is 5.20. The molecule has 0 fully saturated rings. The normalized spacial score (nSPS) is 12.7. The highest BCUT2D eigenvalue weighted by Gasteiger charge is 2.19. The molecule has 0 saturated carbocycles. The fourth-order valence-electron chi connectivity index (χ4n) is 2.26. The lowest BCUT2D eigenvalue weighted by Crippen LogP contribution is -2.22. The van der Waals surface area contributed by atoms with Crippen LogP contribution >= 0.6 is 0 Å². The topological polar surface area (TPSA) is 51.0 Å². The standard InChI is InChI=1S/C15H15N3O/c1-2-17-15(13-9-16-7-8-18-13)12-10-19-14-6-4-3-5-11(12)14/h3-10,15,17H,2H2,1H3. The average Bonchev–Trinajstić information content (AvgIpc) is 2.89. The molecule has 1 atom stereocenters. The fourth-order valence-corrected chi connectivity index (χ4v) is 2.26. The van der Waals surface area contributed by atoms with Crippen LogP contribution in [-0.2, 0) is 0 Å². The summed E-state index contributed by atoms with van der Waals surface area (Å²) in [4.78, 5) is 8.54. The van der Waals surface area contributed by atoms with Gasteiger partial charge in [0.1, 0.15) is 5.58 Å². The van der Waals surface area contributed by atoms with E-state index < -0.39 is 0 Å². The van der Waals surface area contributed by atoms with Gasteiger partial charge >= 0.3 is 0 Å². The molecule has 2 aromatic heterocycles. The van der Waals surface area contributed by atoms with Gasteiger partial charge in [0.2, 0.25) is 0 Å². The zero-order chi connectivity index (χ0) is 13.1. The molecule has 4 nitrogen and oxygen atoms in total. The van der Waals surface area contributed by atoms with Crippen molar-refractivity contribution in [3.05, 3.63) is 60.4 Å². The van der Waals surface area contributed by atoms with Gasteiger partial charge in [0.05, 0.1) is 24.2 Å². The van der Waals surface area contributed by atoms with E-state index in [1.54, 1.807) is 24.9 Å².